The summed E-state index contributed by atoms with van der Waals surface area (Å²) in [6, 6.07) is 15.4. The van der Waals surface area contributed by atoms with E-state index in [1.54, 1.807) is 12.3 Å². The van der Waals surface area contributed by atoms with Crippen LogP contribution in [0.2, 0.25) is 0 Å². The third-order valence-corrected chi connectivity index (χ3v) is 5.84. The number of likely N-dealkylation sites (tertiary alicyclic amines) is 1. The molecule has 5 nitrogen and oxygen atoms in total. The summed E-state index contributed by atoms with van der Waals surface area (Å²) < 4.78 is 1.37. The largest absolute Gasteiger partial charge is 0.494 e. The zero-order valence-electron chi connectivity index (χ0n) is 17.0. The first kappa shape index (κ1) is 19.4. The lowest BCUT2D eigenvalue weighted by molar-refractivity contribution is 0.273. The third-order valence-electron chi connectivity index (χ3n) is 5.84. The standard InChI is InChI=1S/C24H27N3O2/c1-3-26-14-6-7-19(26)15-25-16-22-20-8-4-5-9-21(20)23(28)27(24(22)29)18-12-10-17(2)11-13-18/h4-5,8-13,16,19,29H,3,6-7,14-15H2,1-2H3. The Balaban J connectivity index is 1.79. The Morgan fingerprint density at radius 3 is 2.59 bits per heavy atom. The van der Waals surface area contributed by atoms with Crippen LogP contribution in [0, 0.1) is 6.92 Å². The van der Waals surface area contributed by atoms with Crippen LogP contribution >= 0.6 is 0 Å². The highest BCUT2D eigenvalue weighted by atomic mass is 16.3. The van der Waals surface area contributed by atoms with Crippen molar-refractivity contribution in [3.8, 4) is 11.6 Å². The van der Waals surface area contributed by atoms with Crippen LogP contribution in [0.3, 0.4) is 0 Å². The van der Waals surface area contributed by atoms with Crippen molar-refractivity contribution in [2.75, 3.05) is 19.6 Å². The molecule has 0 aliphatic carbocycles. The minimum absolute atomic E-state index is 0.0694. The van der Waals surface area contributed by atoms with Gasteiger partial charge in [0.05, 0.1) is 17.8 Å². The number of rotatable bonds is 5. The molecular formula is C24H27N3O2. The van der Waals surface area contributed by atoms with Gasteiger partial charge in [0.15, 0.2) is 0 Å². The Morgan fingerprint density at radius 2 is 1.86 bits per heavy atom. The molecule has 1 aromatic heterocycles. The number of aromatic nitrogens is 1. The quantitative estimate of drug-likeness (QED) is 0.673. The first-order valence-electron chi connectivity index (χ1n) is 10.3. The number of hydrogen-bond donors (Lipinski definition) is 1. The number of fused-ring (bicyclic) bond motifs is 1. The number of benzene rings is 2. The van der Waals surface area contributed by atoms with Crippen LogP contribution < -0.4 is 5.56 Å². The van der Waals surface area contributed by atoms with Gasteiger partial charge < -0.3 is 5.11 Å². The van der Waals surface area contributed by atoms with Gasteiger partial charge in [0.25, 0.3) is 5.56 Å². The summed E-state index contributed by atoms with van der Waals surface area (Å²) in [5.74, 6) is -0.0694. The van der Waals surface area contributed by atoms with E-state index in [2.05, 4.69) is 16.8 Å². The van der Waals surface area contributed by atoms with Crippen molar-refractivity contribution in [3.05, 3.63) is 70.0 Å². The number of pyridine rings is 1. The maximum Gasteiger partial charge on any atom is 0.265 e. The van der Waals surface area contributed by atoms with Crippen molar-refractivity contribution >= 4 is 17.0 Å². The summed E-state index contributed by atoms with van der Waals surface area (Å²) in [6.45, 7) is 7.04. The Kier molecular flexibility index (Phi) is 5.49. The monoisotopic (exact) mass is 389 g/mol. The Morgan fingerprint density at radius 1 is 1.14 bits per heavy atom. The molecule has 0 saturated carbocycles. The molecule has 0 bridgehead atoms. The summed E-state index contributed by atoms with van der Waals surface area (Å²) in [6.07, 6.45) is 4.09. The van der Waals surface area contributed by atoms with Crippen molar-refractivity contribution in [2.45, 2.75) is 32.7 Å². The molecular weight excluding hydrogens is 362 g/mol. The predicted octanol–water partition coefficient (Wildman–Crippen LogP) is 3.91. The topological polar surface area (TPSA) is 57.8 Å². The molecule has 1 aliphatic heterocycles. The van der Waals surface area contributed by atoms with Gasteiger partial charge in [0.2, 0.25) is 5.88 Å². The number of aryl methyl sites for hydroxylation is 1. The summed E-state index contributed by atoms with van der Waals surface area (Å²) >= 11 is 0. The summed E-state index contributed by atoms with van der Waals surface area (Å²) in [5, 5.41) is 12.3. The van der Waals surface area contributed by atoms with Crippen LogP contribution in [0.4, 0.5) is 0 Å². The molecule has 29 heavy (non-hydrogen) atoms. The van der Waals surface area contributed by atoms with Gasteiger partial charge in [-0.25, -0.2) is 4.57 Å². The van der Waals surface area contributed by atoms with Gasteiger partial charge in [-0.2, -0.15) is 0 Å². The molecule has 1 atom stereocenters. The average Bonchev–Trinajstić information content (AvgIpc) is 3.19. The van der Waals surface area contributed by atoms with Gasteiger partial charge in [0, 0.05) is 23.0 Å². The van der Waals surface area contributed by atoms with Crippen LogP contribution in [0.25, 0.3) is 16.5 Å². The van der Waals surface area contributed by atoms with E-state index in [1.807, 2.05) is 49.4 Å². The zero-order valence-corrected chi connectivity index (χ0v) is 17.0. The van der Waals surface area contributed by atoms with E-state index in [9.17, 15) is 9.90 Å². The Bertz CT molecular complexity index is 1100. The smallest absolute Gasteiger partial charge is 0.265 e. The summed E-state index contributed by atoms with van der Waals surface area (Å²) in [4.78, 5) is 20.2. The van der Waals surface area contributed by atoms with Crippen molar-refractivity contribution in [1.29, 1.82) is 0 Å². The second kappa shape index (κ2) is 8.21. The maximum absolute atomic E-state index is 13.1. The number of hydrogen-bond acceptors (Lipinski definition) is 4. The van der Waals surface area contributed by atoms with Crippen LogP contribution in [0.5, 0.6) is 5.88 Å². The van der Waals surface area contributed by atoms with Crippen LogP contribution in [-0.2, 0) is 0 Å². The first-order chi connectivity index (χ1) is 14.1. The molecule has 2 heterocycles. The number of likely N-dealkylation sites (N-methyl/N-ethyl adjacent to an activating group) is 1. The van der Waals surface area contributed by atoms with Gasteiger partial charge in [-0.3, -0.25) is 14.7 Å². The van der Waals surface area contributed by atoms with Gasteiger partial charge >= 0.3 is 0 Å². The van der Waals surface area contributed by atoms with Gasteiger partial charge in [-0.15, -0.1) is 0 Å². The normalized spacial score (nSPS) is 17.5. The average molecular weight is 389 g/mol. The fourth-order valence-corrected chi connectivity index (χ4v) is 4.21. The van der Waals surface area contributed by atoms with E-state index in [-0.39, 0.29) is 11.4 Å². The highest BCUT2D eigenvalue weighted by Crippen LogP contribution is 2.26. The van der Waals surface area contributed by atoms with Gasteiger partial charge in [0.1, 0.15) is 0 Å². The maximum atomic E-state index is 13.1. The lowest BCUT2D eigenvalue weighted by atomic mass is 10.1. The second-order valence-electron chi connectivity index (χ2n) is 7.68. The lowest BCUT2D eigenvalue weighted by Crippen LogP contribution is -2.31. The summed E-state index contributed by atoms with van der Waals surface area (Å²) in [7, 11) is 0. The Hall–Kier alpha value is -2.92. The van der Waals surface area contributed by atoms with E-state index in [0.717, 1.165) is 30.5 Å². The molecule has 0 amide bonds. The number of aromatic hydroxyl groups is 1. The van der Waals surface area contributed by atoms with Crippen molar-refractivity contribution in [2.24, 2.45) is 4.99 Å². The molecule has 150 valence electrons. The van der Waals surface area contributed by atoms with Gasteiger partial charge in [-0.1, -0.05) is 42.8 Å². The molecule has 1 fully saturated rings. The molecule has 1 saturated heterocycles. The third kappa shape index (κ3) is 3.70. The molecule has 5 heteroatoms. The van der Waals surface area contributed by atoms with E-state index in [4.69, 9.17) is 0 Å². The van der Waals surface area contributed by atoms with Crippen LogP contribution in [-0.4, -0.2) is 46.5 Å². The fraction of sp³-hybridized carbons (Fsp3) is 0.333. The van der Waals surface area contributed by atoms with Crippen LogP contribution in [0.1, 0.15) is 30.9 Å². The molecule has 2 aromatic carbocycles. The SMILES string of the molecule is CCN1CCCC1CN=Cc1c(O)n(-c2ccc(C)cc2)c(=O)c2ccccc12. The molecule has 0 radical (unpaired) electrons. The molecule has 1 aliphatic rings. The fourth-order valence-electron chi connectivity index (χ4n) is 4.21. The lowest BCUT2D eigenvalue weighted by Gasteiger charge is -2.20. The molecule has 3 aromatic rings. The first-order valence-corrected chi connectivity index (χ1v) is 10.3. The molecule has 4 rings (SSSR count). The van der Waals surface area contributed by atoms with E-state index in [0.29, 0.717) is 29.2 Å². The summed E-state index contributed by atoms with van der Waals surface area (Å²) in [5.41, 5.74) is 2.10. The van der Waals surface area contributed by atoms with E-state index in [1.165, 1.54) is 11.0 Å². The van der Waals surface area contributed by atoms with Crippen molar-refractivity contribution < 1.29 is 5.11 Å². The number of nitrogens with zero attached hydrogens (tertiary/aromatic N) is 3. The Labute approximate surface area is 170 Å². The minimum atomic E-state index is -0.230. The highest BCUT2D eigenvalue weighted by molar-refractivity contribution is 6.01. The molecule has 1 N–H and O–H groups in total. The predicted molar refractivity (Wildman–Crippen MR) is 119 cm³/mol. The van der Waals surface area contributed by atoms with Gasteiger partial charge in [-0.05, 0) is 51.1 Å². The van der Waals surface area contributed by atoms with Crippen molar-refractivity contribution in [3.63, 3.8) is 0 Å². The molecule has 1 unspecified atom stereocenters. The number of aliphatic imine (C=N–C) groups is 1. The van der Waals surface area contributed by atoms with E-state index >= 15 is 0 Å². The molecule has 0 spiro atoms. The van der Waals surface area contributed by atoms with Crippen molar-refractivity contribution in [1.82, 2.24) is 9.47 Å². The minimum Gasteiger partial charge on any atom is -0.494 e. The highest BCUT2D eigenvalue weighted by Gasteiger charge is 2.22. The van der Waals surface area contributed by atoms with E-state index < -0.39 is 0 Å². The van der Waals surface area contributed by atoms with Crippen LogP contribution in [0.15, 0.2) is 58.3 Å². The zero-order chi connectivity index (χ0) is 20.4. The second-order valence-corrected chi connectivity index (χ2v) is 7.68.